The lowest BCUT2D eigenvalue weighted by molar-refractivity contribution is -0.125. The van der Waals surface area contributed by atoms with Crippen LogP contribution in [-0.2, 0) is 11.3 Å². The monoisotopic (exact) mass is 398 g/mol. The summed E-state index contributed by atoms with van der Waals surface area (Å²) in [7, 11) is 0. The third-order valence-electron chi connectivity index (χ3n) is 5.00. The van der Waals surface area contributed by atoms with Crippen molar-refractivity contribution in [2.75, 3.05) is 19.7 Å². The highest BCUT2D eigenvalue weighted by atomic mass is 19.1. The van der Waals surface area contributed by atoms with Crippen LogP contribution in [0.5, 0.6) is 5.75 Å². The summed E-state index contributed by atoms with van der Waals surface area (Å²) in [5.41, 5.74) is 1.91. The van der Waals surface area contributed by atoms with Gasteiger partial charge in [0.2, 0.25) is 0 Å². The van der Waals surface area contributed by atoms with Crippen LogP contribution in [0, 0.1) is 5.82 Å². The average molecular weight is 398 g/mol. The first-order chi connectivity index (χ1) is 14.1. The van der Waals surface area contributed by atoms with Crippen molar-refractivity contribution < 1.29 is 19.0 Å². The molecule has 4 rings (SSSR count). The summed E-state index contributed by atoms with van der Waals surface area (Å²) in [5, 5.41) is 13.1. The van der Waals surface area contributed by atoms with Crippen LogP contribution in [0.1, 0.15) is 12.2 Å². The molecule has 1 saturated heterocycles. The van der Waals surface area contributed by atoms with Gasteiger partial charge in [-0.05, 0) is 42.8 Å². The molecule has 7 nitrogen and oxygen atoms in total. The number of aliphatic hydroxyl groups excluding tert-OH is 1. The molecule has 0 unspecified atom stereocenters. The van der Waals surface area contributed by atoms with Gasteiger partial charge in [-0.15, -0.1) is 0 Å². The van der Waals surface area contributed by atoms with Crippen LogP contribution < -0.4 is 10.1 Å². The molecule has 2 aromatic carbocycles. The number of nitrogens with one attached hydrogen (secondary N) is 2. The molecular formula is C21H23FN4O3. The van der Waals surface area contributed by atoms with Gasteiger partial charge in [-0.3, -0.25) is 9.69 Å². The van der Waals surface area contributed by atoms with Crippen molar-refractivity contribution in [1.82, 2.24) is 20.2 Å². The number of fused-ring (bicyclic) bond motifs is 1. The summed E-state index contributed by atoms with van der Waals surface area (Å²) < 4.78 is 18.3. The smallest absolute Gasteiger partial charge is 0.258 e. The van der Waals surface area contributed by atoms with E-state index in [1.54, 1.807) is 0 Å². The Kier molecular flexibility index (Phi) is 5.73. The molecular weight excluding hydrogens is 375 g/mol. The van der Waals surface area contributed by atoms with Gasteiger partial charge < -0.3 is 20.1 Å². The first-order valence-corrected chi connectivity index (χ1v) is 9.58. The number of aliphatic hydroxyl groups is 1. The van der Waals surface area contributed by atoms with Crippen LogP contribution >= 0.6 is 0 Å². The molecule has 0 saturated carbocycles. The highest BCUT2D eigenvalue weighted by Gasteiger charge is 2.29. The Morgan fingerprint density at radius 1 is 1.28 bits per heavy atom. The zero-order valence-electron chi connectivity index (χ0n) is 15.8. The number of amides is 1. The number of piperidine rings is 1. The van der Waals surface area contributed by atoms with Crippen molar-refractivity contribution in [3.63, 3.8) is 0 Å². The highest BCUT2D eigenvalue weighted by Crippen LogP contribution is 2.16. The predicted molar refractivity (Wildman–Crippen MR) is 106 cm³/mol. The lowest BCUT2D eigenvalue weighted by Gasteiger charge is -2.36. The molecule has 0 spiro atoms. The lowest BCUT2D eigenvalue weighted by atomic mass is 10.0. The third kappa shape index (κ3) is 4.90. The molecule has 1 fully saturated rings. The van der Waals surface area contributed by atoms with E-state index in [2.05, 4.69) is 20.2 Å². The number of para-hydroxylation sites is 2. The fraction of sp³-hybridized carbons (Fsp3) is 0.333. The fourth-order valence-electron chi connectivity index (χ4n) is 3.51. The number of carbonyl (C=O) groups excluding carboxylic acids is 1. The number of imidazole rings is 1. The summed E-state index contributed by atoms with van der Waals surface area (Å²) in [4.78, 5) is 22.3. The second-order valence-electron chi connectivity index (χ2n) is 7.21. The van der Waals surface area contributed by atoms with Crippen LogP contribution in [0.4, 0.5) is 4.39 Å². The molecule has 3 N–H and O–H groups in total. The van der Waals surface area contributed by atoms with Crippen molar-refractivity contribution >= 4 is 16.9 Å². The third-order valence-corrected chi connectivity index (χ3v) is 5.00. The topological polar surface area (TPSA) is 90.5 Å². The van der Waals surface area contributed by atoms with Gasteiger partial charge in [0.05, 0.1) is 29.7 Å². The SMILES string of the molecule is O=C(COc1ccc(F)cc1)N[C@@H]1CN(Cc2nc3ccccc3[nH]2)CC[C@@H]1O. The molecule has 152 valence electrons. The predicted octanol–water partition coefficient (Wildman–Crippen LogP) is 1.83. The summed E-state index contributed by atoms with van der Waals surface area (Å²) in [6.07, 6.45) is -0.0547. The van der Waals surface area contributed by atoms with Gasteiger partial charge >= 0.3 is 0 Å². The maximum atomic E-state index is 12.9. The minimum absolute atomic E-state index is 0.196. The first-order valence-electron chi connectivity index (χ1n) is 9.58. The van der Waals surface area contributed by atoms with E-state index in [1.165, 1.54) is 24.3 Å². The average Bonchev–Trinajstić information content (AvgIpc) is 3.12. The Labute approximate surface area is 167 Å². The van der Waals surface area contributed by atoms with Gasteiger partial charge in [0.1, 0.15) is 17.4 Å². The number of nitrogens with zero attached hydrogens (tertiary/aromatic N) is 2. The second kappa shape index (κ2) is 8.59. The van der Waals surface area contributed by atoms with E-state index in [0.29, 0.717) is 25.3 Å². The Balaban J connectivity index is 1.31. The standard InChI is InChI=1S/C21H23FN4O3/c22-14-5-7-15(8-6-14)29-13-21(28)25-18-11-26(10-9-19(18)27)12-20-23-16-3-1-2-4-17(16)24-20/h1-8,18-19,27H,9-13H2,(H,23,24)(H,25,28)/t18-,19+/m1/s1. The number of likely N-dealkylation sites (tertiary alicyclic amines) is 1. The quantitative estimate of drug-likeness (QED) is 0.589. The van der Waals surface area contributed by atoms with E-state index in [0.717, 1.165) is 23.4 Å². The molecule has 29 heavy (non-hydrogen) atoms. The summed E-state index contributed by atoms with van der Waals surface area (Å²) in [6, 6.07) is 12.9. The number of benzene rings is 2. The minimum atomic E-state index is -0.614. The molecule has 3 aromatic rings. The summed E-state index contributed by atoms with van der Waals surface area (Å²) >= 11 is 0. The van der Waals surface area contributed by atoms with Gasteiger partial charge in [-0.1, -0.05) is 12.1 Å². The van der Waals surface area contributed by atoms with E-state index in [-0.39, 0.29) is 18.3 Å². The number of halogens is 1. The molecule has 0 aliphatic carbocycles. The van der Waals surface area contributed by atoms with Crippen LogP contribution in [0.15, 0.2) is 48.5 Å². The van der Waals surface area contributed by atoms with Crippen LogP contribution in [0.25, 0.3) is 11.0 Å². The van der Waals surface area contributed by atoms with Crippen LogP contribution in [0.2, 0.25) is 0 Å². The molecule has 1 amide bonds. The van der Waals surface area contributed by atoms with E-state index < -0.39 is 12.1 Å². The largest absolute Gasteiger partial charge is 0.484 e. The Morgan fingerprint density at radius 3 is 2.86 bits per heavy atom. The molecule has 2 heterocycles. The molecule has 1 aliphatic rings. The Hall–Kier alpha value is -2.97. The number of hydrogen-bond acceptors (Lipinski definition) is 5. The van der Waals surface area contributed by atoms with Crippen molar-refractivity contribution in [2.24, 2.45) is 0 Å². The number of carbonyl (C=O) groups is 1. The van der Waals surface area contributed by atoms with Crippen LogP contribution in [-0.4, -0.2) is 57.7 Å². The van der Waals surface area contributed by atoms with Crippen molar-refractivity contribution in [1.29, 1.82) is 0 Å². The van der Waals surface area contributed by atoms with Gasteiger partial charge in [-0.2, -0.15) is 0 Å². The lowest BCUT2D eigenvalue weighted by Crippen LogP contribution is -2.55. The normalized spacial score (nSPS) is 19.9. The molecule has 8 heteroatoms. The number of H-pyrrole nitrogens is 1. The van der Waals surface area contributed by atoms with Gasteiger partial charge in [0.25, 0.3) is 5.91 Å². The van der Waals surface area contributed by atoms with Gasteiger partial charge in [0.15, 0.2) is 6.61 Å². The summed E-state index contributed by atoms with van der Waals surface area (Å²) in [6.45, 7) is 1.65. The number of aromatic nitrogens is 2. The number of hydrogen-bond donors (Lipinski definition) is 3. The Morgan fingerprint density at radius 2 is 2.07 bits per heavy atom. The minimum Gasteiger partial charge on any atom is -0.484 e. The summed E-state index contributed by atoms with van der Waals surface area (Å²) in [5.74, 6) is 0.574. The van der Waals surface area contributed by atoms with E-state index in [9.17, 15) is 14.3 Å². The van der Waals surface area contributed by atoms with Crippen molar-refractivity contribution in [3.8, 4) is 5.75 Å². The van der Waals surface area contributed by atoms with Gasteiger partial charge in [0, 0.05) is 13.1 Å². The number of rotatable bonds is 6. The second-order valence-corrected chi connectivity index (χ2v) is 7.21. The highest BCUT2D eigenvalue weighted by molar-refractivity contribution is 5.78. The van der Waals surface area contributed by atoms with E-state index in [1.807, 2.05) is 24.3 Å². The first kappa shape index (κ1) is 19.4. The van der Waals surface area contributed by atoms with E-state index in [4.69, 9.17) is 4.74 Å². The fourth-order valence-corrected chi connectivity index (χ4v) is 3.51. The molecule has 1 aromatic heterocycles. The van der Waals surface area contributed by atoms with Crippen molar-refractivity contribution in [2.45, 2.75) is 25.1 Å². The number of aromatic amines is 1. The van der Waals surface area contributed by atoms with Crippen molar-refractivity contribution in [3.05, 3.63) is 60.2 Å². The maximum absolute atomic E-state index is 12.9. The zero-order chi connectivity index (χ0) is 20.2. The molecule has 2 atom stereocenters. The Bertz CT molecular complexity index is 942. The zero-order valence-corrected chi connectivity index (χ0v) is 15.8. The van der Waals surface area contributed by atoms with Crippen LogP contribution in [0.3, 0.4) is 0 Å². The van der Waals surface area contributed by atoms with E-state index >= 15 is 0 Å². The number of ether oxygens (including phenoxy) is 1. The molecule has 0 bridgehead atoms. The molecule has 1 aliphatic heterocycles. The van der Waals surface area contributed by atoms with Gasteiger partial charge in [-0.25, -0.2) is 9.37 Å². The maximum Gasteiger partial charge on any atom is 0.258 e. The molecule has 0 radical (unpaired) electrons.